The third-order valence-electron chi connectivity index (χ3n) is 10.6. The van der Waals surface area contributed by atoms with Crippen molar-refractivity contribution in [3.63, 3.8) is 0 Å². The van der Waals surface area contributed by atoms with Crippen molar-refractivity contribution in [3.8, 4) is 0 Å². The van der Waals surface area contributed by atoms with Gasteiger partial charge in [0.05, 0.1) is 11.6 Å². The van der Waals surface area contributed by atoms with Crippen LogP contribution in [-0.2, 0) is 44.4 Å². The largest absolute Gasteiger partial charge is 0.475 e. The van der Waals surface area contributed by atoms with Crippen LogP contribution >= 0.6 is 0 Å². The van der Waals surface area contributed by atoms with Crippen molar-refractivity contribution in [3.05, 3.63) is 29.8 Å². The number of nitrogens with zero attached hydrogens (tertiary/aromatic N) is 5. The Balaban J connectivity index is 0.993. The molecule has 0 aliphatic carbocycles. The number of nitrogens with one attached hydrogen (secondary N) is 4. The molecule has 3 unspecified atom stereocenters. The van der Waals surface area contributed by atoms with Gasteiger partial charge in [0.15, 0.2) is 0 Å². The number of hydrogen-bond donors (Lipinski definition) is 6. The van der Waals surface area contributed by atoms with Gasteiger partial charge in [0.2, 0.25) is 11.8 Å². The van der Waals surface area contributed by atoms with Crippen LogP contribution in [0, 0.1) is 0 Å². The molecule has 24 heteroatoms. The Morgan fingerprint density at radius 3 is 2.02 bits per heavy atom. The summed E-state index contributed by atoms with van der Waals surface area (Å²) in [6.07, 6.45) is 3.31. The van der Waals surface area contributed by atoms with Crippen molar-refractivity contribution in [2.75, 3.05) is 97.1 Å². The third kappa shape index (κ3) is 15.3. The van der Waals surface area contributed by atoms with Gasteiger partial charge in [-0.2, -0.15) is 0 Å². The molecule has 4 heterocycles. The van der Waals surface area contributed by atoms with E-state index in [9.17, 15) is 43.6 Å². The van der Waals surface area contributed by atoms with Crippen molar-refractivity contribution in [2.24, 2.45) is 0 Å². The van der Waals surface area contributed by atoms with E-state index in [-0.39, 0.29) is 50.3 Å². The number of anilines is 1. The van der Waals surface area contributed by atoms with Crippen LogP contribution in [0.4, 0.5) is 5.69 Å². The normalized spacial score (nSPS) is 23.6. The van der Waals surface area contributed by atoms with Gasteiger partial charge in [-0.15, -0.1) is 0 Å². The molecular weight excluding hydrogens is 847 g/mol. The number of carbonyl (C=O) groups excluding carboxylic acids is 7. The van der Waals surface area contributed by atoms with Crippen molar-refractivity contribution < 1.29 is 59.2 Å². The summed E-state index contributed by atoms with van der Waals surface area (Å²) in [5.41, 5.74) is 6.29. The van der Waals surface area contributed by atoms with Gasteiger partial charge in [0, 0.05) is 18.5 Å². The first-order valence-corrected chi connectivity index (χ1v) is 23.3. The van der Waals surface area contributed by atoms with Gasteiger partial charge < -0.3 is 20.3 Å². The minimum absolute atomic E-state index is 0.0241. The summed E-state index contributed by atoms with van der Waals surface area (Å²) >= 11 is -4.01. The Labute approximate surface area is 354 Å². The van der Waals surface area contributed by atoms with E-state index in [1.54, 1.807) is 31.2 Å². The smallest absolute Gasteiger partial charge is 0.426 e. The molecule has 4 fully saturated rings. The maximum atomic E-state index is 13.0. The zero-order chi connectivity index (χ0) is 43.0. The predicted octanol–water partition coefficient (Wildman–Crippen LogP) is -3.28. The number of likely N-dealkylation sites (tertiary alicyclic amines) is 1. The molecule has 0 aromatic heterocycles. The zero-order valence-electron chi connectivity index (χ0n) is 33.9. The van der Waals surface area contributed by atoms with E-state index in [1.165, 1.54) is 4.90 Å². The molecule has 4 aliphatic rings. The number of benzene rings is 1. The van der Waals surface area contributed by atoms with Crippen LogP contribution in [0.2, 0.25) is 0 Å². The fourth-order valence-corrected chi connectivity index (χ4v) is 9.05. The van der Waals surface area contributed by atoms with Gasteiger partial charge in [-0.05, 0) is 50.5 Å². The maximum absolute atomic E-state index is 13.0. The Bertz CT molecular complexity index is 1670. The summed E-state index contributed by atoms with van der Waals surface area (Å²) in [7, 11) is -1.64. The molecule has 0 radical (unpaired) electrons. The molecule has 0 saturated carbocycles. The monoisotopic (exact) mass is 901 g/mol. The van der Waals surface area contributed by atoms with Gasteiger partial charge in [-0.1, -0.05) is 6.42 Å². The fraction of sp³-hybridized carbons (Fsp3) is 0.639. The average Bonchev–Trinajstić information content (AvgIpc) is 3.70. The van der Waals surface area contributed by atoms with E-state index >= 15 is 0 Å². The minimum atomic E-state index is -4.01. The Kier molecular flexibility index (Phi) is 18.4. The van der Waals surface area contributed by atoms with Crippen LogP contribution in [0.5, 0.6) is 0 Å². The van der Waals surface area contributed by atoms with Crippen LogP contribution < -0.4 is 21.5 Å². The van der Waals surface area contributed by atoms with Crippen molar-refractivity contribution in [2.45, 2.75) is 57.4 Å². The van der Waals surface area contributed by atoms with Crippen molar-refractivity contribution in [1.29, 1.82) is 0 Å². The van der Waals surface area contributed by atoms with E-state index in [1.807, 2.05) is 19.6 Å². The van der Waals surface area contributed by atoms with Gasteiger partial charge in [-0.3, -0.25) is 25.2 Å². The number of hydrogen-bond acceptors (Lipinski definition) is 18. The molecule has 5 atom stereocenters. The third-order valence-corrected chi connectivity index (χ3v) is 13.0. The summed E-state index contributed by atoms with van der Waals surface area (Å²) in [5.74, 6) is -3.95. The molecule has 22 nitrogen and oxygen atoms in total. The molecule has 4 amide bonds. The van der Waals surface area contributed by atoms with E-state index in [4.69, 9.17) is 15.6 Å². The molecule has 1 aromatic rings. The predicted molar refractivity (Wildman–Crippen MR) is 212 cm³/mol. The number of fused-ring (bicyclic) bond motifs is 7. The molecular formula is C36H55BGaN9O13. The molecule has 6 N–H and O–H groups in total. The second-order valence-electron chi connectivity index (χ2n) is 15.2. The molecule has 5 rings (SSSR count). The van der Waals surface area contributed by atoms with E-state index in [0.29, 0.717) is 109 Å². The number of carbonyl (C=O) groups is 7. The topological polar surface area (TPSA) is 261 Å². The molecule has 1 aromatic carbocycles. The van der Waals surface area contributed by atoms with E-state index in [0.717, 1.165) is 0 Å². The quantitative estimate of drug-likeness (QED) is 0.0463. The van der Waals surface area contributed by atoms with Gasteiger partial charge in [0.1, 0.15) is 6.04 Å². The summed E-state index contributed by atoms with van der Waals surface area (Å²) in [4.78, 5) is 103. The first kappa shape index (κ1) is 46.8. The summed E-state index contributed by atoms with van der Waals surface area (Å²) < 4.78 is 15.7. The number of amides is 4. The van der Waals surface area contributed by atoms with Crippen molar-refractivity contribution >= 4 is 71.7 Å². The van der Waals surface area contributed by atoms with Crippen LogP contribution in [0.3, 0.4) is 0 Å². The first-order valence-electron chi connectivity index (χ1n) is 20.4. The molecule has 4 saturated heterocycles. The molecule has 4 aliphatic heterocycles. The summed E-state index contributed by atoms with van der Waals surface area (Å²) in [6, 6.07) is 5.46. The fourth-order valence-electron chi connectivity index (χ4n) is 7.18. The van der Waals surface area contributed by atoms with Crippen LogP contribution in [0.25, 0.3) is 0 Å². The van der Waals surface area contributed by atoms with Crippen molar-refractivity contribution in [1.82, 2.24) is 40.6 Å². The maximum Gasteiger partial charge on any atom is 0.475 e. The van der Waals surface area contributed by atoms with E-state index in [2.05, 4.69) is 21.5 Å². The van der Waals surface area contributed by atoms with Gasteiger partial charge in [0.25, 0.3) is 5.91 Å². The Morgan fingerprint density at radius 1 is 0.800 bits per heavy atom. The first-order chi connectivity index (χ1) is 28.8. The molecule has 0 spiro atoms. The number of hydrazine groups is 1. The summed E-state index contributed by atoms with van der Waals surface area (Å²) in [5, 5.41) is 24.7. The van der Waals surface area contributed by atoms with Gasteiger partial charge >= 0.3 is 199 Å². The Morgan fingerprint density at radius 2 is 1.40 bits per heavy atom. The number of unbranched alkanes of at least 4 members (excludes halogenated alkanes) is 2. The zero-order valence-corrected chi connectivity index (χ0v) is 36.3. The van der Waals surface area contributed by atoms with E-state index < -0.39 is 60.2 Å². The second-order valence-corrected chi connectivity index (χ2v) is 17.8. The molecule has 60 heavy (non-hydrogen) atoms. The molecule has 4 bridgehead atoms. The summed E-state index contributed by atoms with van der Waals surface area (Å²) in [6.45, 7) is 5.86. The minimum Gasteiger partial charge on any atom is -0.426 e. The van der Waals surface area contributed by atoms with Gasteiger partial charge in [-0.25, -0.2) is 0 Å². The van der Waals surface area contributed by atoms with Crippen LogP contribution in [-0.4, -0.2) is 204 Å². The molecule has 328 valence electrons. The standard InChI is InChI=1S/C36H58BN9O13.Ga/c1-26(36(55)46-13-5-6-29(46)37(56)57)39-35(54)27-8-10-28(11-9-27)40-41-30(47)7-3-2-4-12-38-31(48)22-42-14-16-43(23-32(49)50)17-18-44(24-33(51)52)19-21-45(20-15-42)25-34(53)59-58;/h8-11,26,29,40,56-58H,2-7,12-25H2,1H3,(H,38,48)(H,39,54)(H,41,47)(H,49,50)(H,51,52);/q;+3/p-3/t26-,29+;/m1./s1. The average molecular weight is 902 g/mol. The van der Waals surface area contributed by atoms with Crippen LogP contribution in [0.1, 0.15) is 55.8 Å². The van der Waals surface area contributed by atoms with Crippen LogP contribution in [0.15, 0.2) is 24.3 Å². The second kappa shape index (κ2) is 23.7. The number of rotatable bonds is 14. The SMILES string of the molecule is C[C@@H](NC(=O)c1ccc(NNC(=O)CCCCCNC(=O)CN2CCN3CCN4CCN(CC2)CC(=O)[O][Ga]([O]OC(=O)C3)[O]C(=O)C4)cc1)C(=O)N1CCC[C@H]1B(O)O. The Hall–Kier alpha value is -4.27.